The normalized spacial score (nSPS) is 12.7. The van der Waals surface area contributed by atoms with Gasteiger partial charge in [-0.1, -0.05) is 0 Å². The minimum absolute atomic E-state index is 0.155. The van der Waals surface area contributed by atoms with E-state index in [0.717, 1.165) is 14.2 Å². The van der Waals surface area contributed by atoms with Crippen LogP contribution in [-0.4, -0.2) is 51.7 Å². The molecule has 0 bridgehead atoms. The zero-order valence-electron chi connectivity index (χ0n) is 9.87. The molecule has 18 heavy (non-hydrogen) atoms. The second-order valence-corrected chi connectivity index (χ2v) is 3.17. The number of nitrogens with one attached hydrogen (secondary N) is 1. The molecule has 0 aromatic carbocycles. The molecule has 1 N–H and O–H groups in total. The Morgan fingerprint density at radius 1 is 1.22 bits per heavy atom. The Morgan fingerprint density at radius 3 is 2.28 bits per heavy atom. The van der Waals surface area contributed by atoms with Crippen molar-refractivity contribution in [2.24, 2.45) is 0 Å². The standard InChI is InChI=1S/C9H14F3NO5/c1-16-7(14)6(13-8(15)17-2)3-4-18-5-9(10,11)12/h6H,3-5H2,1-2H3,(H,13,15). The van der Waals surface area contributed by atoms with Gasteiger partial charge in [0.15, 0.2) is 0 Å². The average molecular weight is 273 g/mol. The molecule has 0 aliphatic rings. The van der Waals surface area contributed by atoms with Crippen LogP contribution in [-0.2, 0) is 19.0 Å². The number of amides is 1. The predicted octanol–water partition coefficient (Wildman–Crippen LogP) is 0.853. The molecular formula is C9H14F3NO5. The van der Waals surface area contributed by atoms with Crippen LogP contribution in [0, 0.1) is 0 Å². The number of halogens is 3. The molecule has 0 aliphatic carbocycles. The number of hydrogen-bond acceptors (Lipinski definition) is 5. The van der Waals surface area contributed by atoms with Crippen molar-refractivity contribution < 1.29 is 37.0 Å². The van der Waals surface area contributed by atoms with Crippen molar-refractivity contribution >= 4 is 12.1 Å². The lowest BCUT2D eigenvalue weighted by molar-refractivity contribution is -0.174. The highest BCUT2D eigenvalue weighted by Gasteiger charge is 2.28. The molecule has 6 nitrogen and oxygen atoms in total. The summed E-state index contributed by atoms with van der Waals surface area (Å²) in [5, 5.41) is 2.12. The van der Waals surface area contributed by atoms with E-state index >= 15 is 0 Å². The van der Waals surface area contributed by atoms with Crippen molar-refractivity contribution in [3.63, 3.8) is 0 Å². The van der Waals surface area contributed by atoms with Crippen molar-refractivity contribution in [2.75, 3.05) is 27.4 Å². The molecule has 0 aromatic rings. The average Bonchev–Trinajstić information content (AvgIpc) is 2.30. The van der Waals surface area contributed by atoms with Crippen LogP contribution >= 0.6 is 0 Å². The molecule has 106 valence electrons. The molecule has 1 atom stereocenters. The van der Waals surface area contributed by atoms with E-state index in [1.807, 2.05) is 0 Å². The Morgan fingerprint density at radius 2 is 1.83 bits per heavy atom. The molecule has 0 rings (SSSR count). The Hall–Kier alpha value is -1.51. The summed E-state index contributed by atoms with van der Waals surface area (Å²) in [6.45, 7) is -1.78. The predicted molar refractivity (Wildman–Crippen MR) is 52.8 cm³/mol. The van der Waals surface area contributed by atoms with Gasteiger partial charge in [-0.25, -0.2) is 9.59 Å². The summed E-state index contributed by atoms with van der Waals surface area (Å²) in [4.78, 5) is 22.1. The number of carbonyl (C=O) groups excluding carboxylic acids is 2. The lowest BCUT2D eigenvalue weighted by atomic mass is 10.2. The molecule has 0 fully saturated rings. The molecule has 0 spiro atoms. The van der Waals surface area contributed by atoms with Gasteiger partial charge in [-0.3, -0.25) is 0 Å². The number of hydrogen-bond donors (Lipinski definition) is 1. The van der Waals surface area contributed by atoms with Crippen LogP contribution in [0.15, 0.2) is 0 Å². The number of alkyl carbamates (subject to hydrolysis) is 1. The van der Waals surface area contributed by atoms with E-state index in [0.29, 0.717) is 0 Å². The maximum absolute atomic E-state index is 11.8. The summed E-state index contributed by atoms with van der Waals surface area (Å²) in [5.74, 6) is -0.795. The fourth-order valence-corrected chi connectivity index (χ4v) is 0.981. The van der Waals surface area contributed by atoms with Crippen molar-refractivity contribution in [2.45, 2.75) is 18.6 Å². The van der Waals surface area contributed by atoms with Gasteiger partial charge in [-0.05, 0) is 0 Å². The van der Waals surface area contributed by atoms with E-state index in [-0.39, 0.29) is 13.0 Å². The third kappa shape index (κ3) is 7.71. The molecule has 0 heterocycles. The second kappa shape index (κ2) is 7.75. The Bertz CT molecular complexity index is 282. The smallest absolute Gasteiger partial charge is 0.411 e. The van der Waals surface area contributed by atoms with Gasteiger partial charge in [0.25, 0.3) is 0 Å². The second-order valence-electron chi connectivity index (χ2n) is 3.17. The topological polar surface area (TPSA) is 73.9 Å². The van der Waals surface area contributed by atoms with Gasteiger partial charge < -0.3 is 19.5 Å². The highest BCUT2D eigenvalue weighted by molar-refractivity contribution is 5.81. The van der Waals surface area contributed by atoms with E-state index in [1.54, 1.807) is 0 Å². The summed E-state index contributed by atoms with van der Waals surface area (Å²) in [7, 11) is 2.18. The van der Waals surface area contributed by atoms with Crippen LogP contribution in [0.4, 0.5) is 18.0 Å². The third-order valence-electron chi connectivity index (χ3n) is 1.78. The lowest BCUT2D eigenvalue weighted by Gasteiger charge is -2.15. The van der Waals surface area contributed by atoms with Crippen molar-refractivity contribution in [1.29, 1.82) is 0 Å². The van der Waals surface area contributed by atoms with Crippen molar-refractivity contribution in [1.82, 2.24) is 5.32 Å². The summed E-state index contributed by atoms with van der Waals surface area (Å²) in [6, 6.07) is -1.12. The third-order valence-corrected chi connectivity index (χ3v) is 1.78. The number of rotatable bonds is 6. The molecule has 1 amide bonds. The van der Waals surface area contributed by atoms with E-state index in [1.165, 1.54) is 0 Å². The zero-order chi connectivity index (χ0) is 14.2. The van der Waals surface area contributed by atoms with E-state index in [4.69, 9.17) is 0 Å². The van der Waals surface area contributed by atoms with Gasteiger partial charge in [0.05, 0.1) is 14.2 Å². The molecule has 9 heteroatoms. The fraction of sp³-hybridized carbons (Fsp3) is 0.778. The largest absolute Gasteiger partial charge is 0.467 e. The first-order chi connectivity index (χ1) is 8.30. The van der Waals surface area contributed by atoms with Gasteiger partial charge in [-0.15, -0.1) is 0 Å². The molecule has 0 aromatic heterocycles. The lowest BCUT2D eigenvalue weighted by Crippen LogP contribution is -2.42. The monoisotopic (exact) mass is 273 g/mol. The molecule has 0 radical (unpaired) electrons. The van der Waals surface area contributed by atoms with Crippen LogP contribution in [0.5, 0.6) is 0 Å². The Balaban J connectivity index is 4.10. The maximum atomic E-state index is 11.8. The summed E-state index contributed by atoms with van der Waals surface area (Å²) in [6.07, 6.45) is -5.48. The van der Waals surface area contributed by atoms with Gasteiger partial charge in [0, 0.05) is 13.0 Å². The molecule has 0 saturated heterocycles. The van der Waals surface area contributed by atoms with Crippen LogP contribution in [0.25, 0.3) is 0 Å². The fourth-order valence-electron chi connectivity index (χ4n) is 0.981. The van der Waals surface area contributed by atoms with Crippen LogP contribution < -0.4 is 5.32 Å². The minimum Gasteiger partial charge on any atom is -0.467 e. The van der Waals surface area contributed by atoms with E-state index < -0.39 is 30.9 Å². The molecule has 0 aliphatic heterocycles. The number of ether oxygens (including phenoxy) is 3. The highest BCUT2D eigenvalue weighted by Crippen LogP contribution is 2.14. The first-order valence-corrected chi connectivity index (χ1v) is 4.87. The van der Waals surface area contributed by atoms with Gasteiger partial charge in [0.1, 0.15) is 12.6 Å². The van der Waals surface area contributed by atoms with Gasteiger partial charge in [-0.2, -0.15) is 13.2 Å². The number of methoxy groups -OCH3 is 2. The van der Waals surface area contributed by atoms with Crippen molar-refractivity contribution in [3.8, 4) is 0 Å². The van der Waals surface area contributed by atoms with Crippen LogP contribution in [0.2, 0.25) is 0 Å². The molecule has 1 unspecified atom stereocenters. The summed E-state index contributed by atoms with van der Waals surface area (Å²) >= 11 is 0. The van der Waals surface area contributed by atoms with Crippen LogP contribution in [0.1, 0.15) is 6.42 Å². The van der Waals surface area contributed by atoms with Gasteiger partial charge >= 0.3 is 18.2 Å². The highest BCUT2D eigenvalue weighted by atomic mass is 19.4. The summed E-state index contributed by atoms with van der Waals surface area (Å²) in [5.41, 5.74) is 0. The Kier molecular flexibility index (Phi) is 7.10. The number of esters is 1. The number of carbonyl (C=O) groups is 2. The van der Waals surface area contributed by atoms with E-state index in [9.17, 15) is 22.8 Å². The first kappa shape index (κ1) is 16.5. The zero-order valence-corrected chi connectivity index (χ0v) is 9.87. The minimum atomic E-state index is -4.43. The number of alkyl halides is 3. The van der Waals surface area contributed by atoms with Crippen LogP contribution in [0.3, 0.4) is 0 Å². The Labute approximate surface area is 101 Å². The SMILES string of the molecule is COC(=O)NC(CCOCC(F)(F)F)C(=O)OC. The first-order valence-electron chi connectivity index (χ1n) is 4.87. The van der Waals surface area contributed by atoms with E-state index in [2.05, 4.69) is 19.5 Å². The molecule has 0 saturated carbocycles. The quantitative estimate of drug-likeness (QED) is 0.573. The van der Waals surface area contributed by atoms with Crippen molar-refractivity contribution in [3.05, 3.63) is 0 Å². The molecular weight excluding hydrogens is 259 g/mol. The van der Waals surface area contributed by atoms with Gasteiger partial charge in [0.2, 0.25) is 0 Å². The summed E-state index contributed by atoms with van der Waals surface area (Å²) < 4.78 is 48.2. The maximum Gasteiger partial charge on any atom is 0.411 e.